The van der Waals surface area contributed by atoms with Gasteiger partial charge in [-0.25, -0.2) is 5.43 Å². The van der Waals surface area contributed by atoms with Gasteiger partial charge in [0, 0.05) is 0 Å². The monoisotopic (exact) mass is 345 g/mol. The van der Waals surface area contributed by atoms with Crippen LogP contribution in [-0.2, 0) is 9.59 Å². The molecule has 6 nitrogen and oxygen atoms in total. The highest BCUT2D eigenvalue weighted by Crippen LogP contribution is 2.20. The lowest BCUT2D eigenvalue weighted by Crippen LogP contribution is -2.32. The van der Waals surface area contributed by atoms with E-state index >= 15 is 0 Å². The molecule has 2 aromatic carbocycles. The zero-order chi connectivity index (χ0) is 17.4. The molecule has 0 spiro atoms. The van der Waals surface area contributed by atoms with Gasteiger partial charge in [-0.2, -0.15) is 5.10 Å². The summed E-state index contributed by atoms with van der Waals surface area (Å²) in [6.07, 6.45) is 1.42. The highest BCUT2D eigenvalue weighted by atomic mass is 35.5. The van der Waals surface area contributed by atoms with Crippen molar-refractivity contribution < 1.29 is 14.3 Å². The molecular formula is C17H16ClN3O3. The van der Waals surface area contributed by atoms with E-state index in [9.17, 15) is 9.59 Å². The summed E-state index contributed by atoms with van der Waals surface area (Å²) >= 11 is 5.91. The van der Waals surface area contributed by atoms with E-state index in [0.29, 0.717) is 23.1 Å². The maximum atomic E-state index is 11.8. The Hall–Kier alpha value is -2.86. The van der Waals surface area contributed by atoms with Crippen molar-refractivity contribution in [2.75, 3.05) is 11.9 Å². The Kier molecular flexibility index (Phi) is 6.33. The molecule has 0 fully saturated rings. The summed E-state index contributed by atoms with van der Waals surface area (Å²) in [4.78, 5) is 23.5. The molecule has 2 amide bonds. The number of nitrogens with one attached hydrogen (secondary N) is 2. The number of rotatable bonds is 5. The van der Waals surface area contributed by atoms with E-state index in [0.717, 1.165) is 5.56 Å². The van der Waals surface area contributed by atoms with Gasteiger partial charge in [0.2, 0.25) is 0 Å². The number of hydrogen-bond acceptors (Lipinski definition) is 4. The number of amides is 2. The first-order valence-electron chi connectivity index (χ1n) is 7.22. The van der Waals surface area contributed by atoms with E-state index in [1.807, 2.05) is 13.0 Å². The Labute approximate surface area is 144 Å². The number of ether oxygens (including phenoxy) is 1. The number of hydrogen-bond donors (Lipinski definition) is 2. The van der Waals surface area contributed by atoms with E-state index in [4.69, 9.17) is 16.3 Å². The molecule has 0 aliphatic heterocycles. The quantitative estimate of drug-likeness (QED) is 0.497. The van der Waals surface area contributed by atoms with Crippen molar-refractivity contribution in [2.24, 2.45) is 5.10 Å². The molecule has 2 N–H and O–H groups in total. The van der Waals surface area contributed by atoms with Crippen LogP contribution < -0.4 is 15.5 Å². The van der Waals surface area contributed by atoms with E-state index < -0.39 is 11.8 Å². The minimum atomic E-state index is -0.896. The molecule has 0 bridgehead atoms. The number of carbonyl (C=O) groups is 2. The number of benzene rings is 2. The third kappa shape index (κ3) is 5.10. The van der Waals surface area contributed by atoms with E-state index in [1.54, 1.807) is 42.5 Å². The van der Waals surface area contributed by atoms with Crippen LogP contribution in [-0.4, -0.2) is 24.6 Å². The fraction of sp³-hybridized carbons (Fsp3) is 0.118. The fourth-order valence-electron chi connectivity index (χ4n) is 1.81. The first-order chi connectivity index (χ1) is 11.6. The van der Waals surface area contributed by atoms with Gasteiger partial charge in [0.15, 0.2) is 0 Å². The second-order valence-electron chi connectivity index (χ2n) is 4.64. The van der Waals surface area contributed by atoms with Crippen LogP contribution >= 0.6 is 11.6 Å². The number of nitrogens with zero attached hydrogens (tertiary/aromatic N) is 1. The van der Waals surface area contributed by atoms with Crippen LogP contribution in [0.15, 0.2) is 53.6 Å². The molecule has 24 heavy (non-hydrogen) atoms. The van der Waals surface area contributed by atoms with Gasteiger partial charge in [-0.15, -0.1) is 0 Å². The Morgan fingerprint density at radius 3 is 2.71 bits per heavy atom. The van der Waals surface area contributed by atoms with E-state index in [1.165, 1.54) is 6.21 Å². The third-order valence-corrected chi connectivity index (χ3v) is 3.21. The van der Waals surface area contributed by atoms with Gasteiger partial charge in [-0.3, -0.25) is 9.59 Å². The first-order valence-corrected chi connectivity index (χ1v) is 7.59. The fourth-order valence-corrected chi connectivity index (χ4v) is 1.99. The van der Waals surface area contributed by atoms with Gasteiger partial charge >= 0.3 is 11.8 Å². The Balaban J connectivity index is 1.91. The van der Waals surface area contributed by atoms with Gasteiger partial charge in [0.05, 0.1) is 23.5 Å². The number of para-hydroxylation sites is 1. The van der Waals surface area contributed by atoms with Gasteiger partial charge in [-0.1, -0.05) is 35.9 Å². The second kappa shape index (κ2) is 8.69. The Morgan fingerprint density at radius 2 is 1.96 bits per heavy atom. The predicted octanol–water partition coefficient (Wildman–Crippen LogP) is 2.83. The van der Waals surface area contributed by atoms with E-state index in [2.05, 4.69) is 15.8 Å². The molecular weight excluding hydrogens is 330 g/mol. The van der Waals surface area contributed by atoms with Crippen LogP contribution in [0.25, 0.3) is 0 Å². The molecule has 0 atom stereocenters. The standard InChI is InChI=1S/C17H16ClN3O3/c1-2-24-13-7-5-6-12(10-13)11-19-21-17(23)16(22)20-15-9-4-3-8-14(15)18/h3-11H,2H2,1H3,(H,20,22)(H,21,23)/b19-11-. The molecule has 0 heterocycles. The van der Waals surface area contributed by atoms with Crippen molar-refractivity contribution in [1.82, 2.24) is 5.43 Å². The Morgan fingerprint density at radius 1 is 1.17 bits per heavy atom. The lowest BCUT2D eigenvalue weighted by atomic mass is 10.2. The summed E-state index contributed by atoms with van der Waals surface area (Å²) < 4.78 is 5.36. The Bertz CT molecular complexity index is 762. The molecule has 0 unspecified atom stereocenters. The van der Waals surface area contributed by atoms with Crippen molar-refractivity contribution in [2.45, 2.75) is 6.92 Å². The topological polar surface area (TPSA) is 79.8 Å². The number of anilines is 1. The lowest BCUT2D eigenvalue weighted by molar-refractivity contribution is -0.136. The first kappa shape index (κ1) is 17.5. The second-order valence-corrected chi connectivity index (χ2v) is 5.05. The van der Waals surface area contributed by atoms with Crippen LogP contribution in [0.5, 0.6) is 5.75 Å². The van der Waals surface area contributed by atoms with Crippen LogP contribution in [0.1, 0.15) is 12.5 Å². The minimum Gasteiger partial charge on any atom is -0.494 e. The average molecular weight is 346 g/mol. The lowest BCUT2D eigenvalue weighted by Gasteiger charge is -2.05. The van der Waals surface area contributed by atoms with Crippen molar-refractivity contribution in [3.63, 3.8) is 0 Å². The zero-order valence-corrected chi connectivity index (χ0v) is 13.7. The highest BCUT2D eigenvalue weighted by molar-refractivity contribution is 6.41. The highest BCUT2D eigenvalue weighted by Gasteiger charge is 2.13. The van der Waals surface area contributed by atoms with Gasteiger partial charge < -0.3 is 10.1 Å². The average Bonchev–Trinajstić information content (AvgIpc) is 2.57. The van der Waals surface area contributed by atoms with Crippen LogP contribution in [0.4, 0.5) is 5.69 Å². The largest absolute Gasteiger partial charge is 0.494 e. The molecule has 0 radical (unpaired) electrons. The molecule has 0 saturated carbocycles. The van der Waals surface area contributed by atoms with Crippen molar-refractivity contribution in [3.8, 4) is 5.75 Å². The molecule has 124 valence electrons. The summed E-state index contributed by atoms with van der Waals surface area (Å²) in [6, 6.07) is 13.8. The zero-order valence-electron chi connectivity index (χ0n) is 13.0. The SMILES string of the molecule is CCOc1cccc(/C=N\NC(=O)C(=O)Nc2ccccc2Cl)c1. The van der Waals surface area contributed by atoms with Gasteiger partial charge in [0.1, 0.15) is 5.75 Å². The maximum Gasteiger partial charge on any atom is 0.329 e. The summed E-state index contributed by atoms with van der Waals surface area (Å²) in [5.41, 5.74) is 3.24. The molecule has 2 aromatic rings. The molecule has 0 aromatic heterocycles. The molecule has 2 rings (SSSR count). The van der Waals surface area contributed by atoms with Crippen LogP contribution in [0.2, 0.25) is 5.02 Å². The molecule has 0 saturated heterocycles. The van der Waals surface area contributed by atoms with Crippen molar-refractivity contribution in [1.29, 1.82) is 0 Å². The smallest absolute Gasteiger partial charge is 0.329 e. The van der Waals surface area contributed by atoms with Crippen molar-refractivity contribution >= 4 is 35.3 Å². The third-order valence-electron chi connectivity index (χ3n) is 2.88. The van der Waals surface area contributed by atoms with Gasteiger partial charge in [-0.05, 0) is 36.8 Å². The maximum absolute atomic E-state index is 11.8. The minimum absolute atomic E-state index is 0.342. The molecule has 7 heteroatoms. The summed E-state index contributed by atoms with van der Waals surface area (Å²) in [5, 5.41) is 6.50. The summed E-state index contributed by atoms with van der Waals surface area (Å²) in [5.74, 6) is -1.06. The van der Waals surface area contributed by atoms with Gasteiger partial charge in [0.25, 0.3) is 0 Å². The predicted molar refractivity (Wildman–Crippen MR) is 93.4 cm³/mol. The number of carbonyl (C=O) groups excluding carboxylic acids is 2. The van der Waals surface area contributed by atoms with Crippen molar-refractivity contribution in [3.05, 3.63) is 59.1 Å². The normalized spacial score (nSPS) is 10.4. The van der Waals surface area contributed by atoms with E-state index in [-0.39, 0.29) is 0 Å². The number of hydrazone groups is 1. The van der Waals surface area contributed by atoms with Crippen LogP contribution in [0, 0.1) is 0 Å². The molecule has 0 aliphatic carbocycles. The summed E-state index contributed by atoms with van der Waals surface area (Å²) in [7, 11) is 0. The number of halogens is 1. The van der Waals surface area contributed by atoms with Crippen LogP contribution in [0.3, 0.4) is 0 Å². The summed E-state index contributed by atoms with van der Waals surface area (Å²) in [6.45, 7) is 2.44. The molecule has 0 aliphatic rings.